The van der Waals surface area contributed by atoms with Gasteiger partial charge < -0.3 is 0 Å². The number of hydrogen-bond acceptors (Lipinski definition) is 0. The number of rotatable bonds is 2. The molecule has 0 nitrogen and oxygen atoms in total. The molecule has 22 heavy (non-hydrogen) atoms. The summed E-state index contributed by atoms with van der Waals surface area (Å²) in [4.78, 5) is 0. The van der Waals surface area contributed by atoms with Gasteiger partial charge in [-0.25, -0.2) is 0 Å². The third kappa shape index (κ3) is 1.84. The van der Waals surface area contributed by atoms with Crippen LogP contribution in [-0.4, -0.2) is 0 Å². The molecular formula is C22H22. The molecule has 2 aromatic rings. The Balaban J connectivity index is 1.93. The summed E-state index contributed by atoms with van der Waals surface area (Å²) in [6.07, 6.45) is 4.01. The summed E-state index contributed by atoms with van der Waals surface area (Å²) in [5.41, 5.74) is 9.93. The number of fused-ring (bicyclic) bond motifs is 1. The minimum absolute atomic E-state index is 0.391. The molecule has 0 bridgehead atoms. The fraction of sp³-hybridized carbons (Fsp3) is 0.318. The largest absolute Gasteiger partial charge is 0.111 e. The Morgan fingerprint density at radius 3 is 1.68 bits per heavy atom. The van der Waals surface area contributed by atoms with Crippen molar-refractivity contribution < 1.29 is 0 Å². The highest BCUT2D eigenvalue weighted by molar-refractivity contribution is 5.80. The van der Waals surface area contributed by atoms with Crippen LogP contribution in [0.25, 0.3) is 5.57 Å². The van der Waals surface area contributed by atoms with Gasteiger partial charge in [0.15, 0.2) is 0 Å². The van der Waals surface area contributed by atoms with E-state index in [1.807, 2.05) is 0 Å². The van der Waals surface area contributed by atoms with Crippen LogP contribution in [0.5, 0.6) is 0 Å². The molecule has 0 spiro atoms. The highest BCUT2D eigenvalue weighted by Gasteiger charge is 2.68. The Bertz CT molecular complexity index is 703. The monoisotopic (exact) mass is 286 g/mol. The molecule has 0 aromatic heterocycles. The van der Waals surface area contributed by atoms with Crippen LogP contribution in [0.3, 0.4) is 0 Å². The van der Waals surface area contributed by atoms with Crippen molar-refractivity contribution >= 4 is 5.57 Å². The summed E-state index contributed by atoms with van der Waals surface area (Å²) < 4.78 is 0. The van der Waals surface area contributed by atoms with E-state index >= 15 is 0 Å². The first kappa shape index (κ1) is 13.6. The second-order valence-corrected chi connectivity index (χ2v) is 7.12. The first-order valence-electron chi connectivity index (χ1n) is 8.28. The predicted molar refractivity (Wildman–Crippen MR) is 92.5 cm³/mol. The number of hydrogen-bond donors (Lipinski definition) is 0. The zero-order chi connectivity index (χ0) is 15.2. The van der Waals surface area contributed by atoms with Gasteiger partial charge in [0.2, 0.25) is 0 Å². The SMILES string of the molecule is CC12CCCC1(C)C2=C=C(c1ccccc1)c1ccccc1. The fourth-order valence-corrected chi connectivity index (χ4v) is 4.34. The van der Waals surface area contributed by atoms with E-state index in [-0.39, 0.29) is 0 Å². The maximum atomic E-state index is 3.84. The lowest BCUT2D eigenvalue weighted by atomic mass is 9.97. The molecule has 2 fully saturated rings. The summed E-state index contributed by atoms with van der Waals surface area (Å²) in [5, 5.41) is 0. The van der Waals surface area contributed by atoms with Crippen LogP contribution in [0.15, 0.2) is 72.0 Å². The van der Waals surface area contributed by atoms with E-state index < -0.39 is 0 Å². The Morgan fingerprint density at radius 2 is 1.23 bits per heavy atom. The summed E-state index contributed by atoms with van der Waals surface area (Å²) in [6, 6.07) is 21.4. The van der Waals surface area contributed by atoms with Gasteiger partial charge in [0.1, 0.15) is 0 Å². The van der Waals surface area contributed by atoms with Gasteiger partial charge in [0.05, 0.1) is 0 Å². The Kier molecular flexibility index (Phi) is 2.93. The molecule has 0 heterocycles. The van der Waals surface area contributed by atoms with Crippen LogP contribution in [0.2, 0.25) is 0 Å². The molecule has 4 rings (SSSR count). The number of allylic oxidation sites excluding steroid dienone is 1. The van der Waals surface area contributed by atoms with Crippen LogP contribution in [-0.2, 0) is 0 Å². The molecule has 2 aliphatic carbocycles. The van der Waals surface area contributed by atoms with Gasteiger partial charge in [0, 0.05) is 16.4 Å². The smallest absolute Gasteiger partial charge is 0.0309 e. The highest BCUT2D eigenvalue weighted by Crippen LogP contribution is 2.77. The Labute approximate surface area is 133 Å². The van der Waals surface area contributed by atoms with Crippen molar-refractivity contribution in [2.75, 3.05) is 0 Å². The molecule has 0 N–H and O–H groups in total. The molecule has 2 aliphatic rings. The van der Waals surface area contributed by atoms with Crippen LogP contribution in [0.4, 0.5) is 0 Å². The summed E-state index contributed by atoms with van der Waals surface area (Å²) in [7, 11) is 0. The second-order valence-electron chi connectivity index (χ2n) is 7.12. The van der Waals surface area contributed by atoms with E-state index in [1.54, 1.807) is 0 Å². The lowest BCUT2D eigenvalue weighted by Crippen LogP contribution is -1.95. The van der Waals surface area contributed by atoms with Gasteiger partial charge in [-0.05, 0) is 29.5 Å². The number of benzene rings is 2. The third-order valence-electron chi connectivity index (χ3n) is 5.99. The highest BCUT2D eigenvalue weighted by atomic mass is 14.7. The first-order chi connectivity index (χ1) is 10.7. The topological polar surface area (TPSA) is 0 Å². The van der Waals surface area contributed by atoms with Gasteiger partial charge in [0.25, 0.3) is 0 Å². The molecular weight excluding hydrogens is 264 g/mol. The van der Waals surface area contributed by atoms with Crippen molar-refractivity contribution in [2.24, 2.45) is 10.8 Å². The molecule has 0 radical (unpaired) electrons. The Morgan fingerprint density at radius 1 is 0.773 bits per heavy atom. The van der Waals surface area contributed by atoms with Gasteiger partial charge in [-0.1, -0.05) is 80.9 Å². The molecule has 2 atom stereocenters. The summed E-state index contributed by atoms with van der Waals surface area (Å²) >= 11 is 0. The van der Waals surface area contributed by atoms with E-state index in [4.69, 9.17) is 0 Å². The minimum Gasteiger partial charge on any atom is -0.111 e. The van der Waals surface area contributed by atoms with E-state index in [9.17, 15) is 0 Å². The maximum Gasteiger partial charge on any atom is 0.0309 e. The quantitative estimate of drug-likeness (QED) is 0.607. The van der Waals surface area contributed by atoms with Crippen molar-refractivity contribution in [1.29, 1.82) is 0 Å². The van der Waals surface area contributed by atoms with Crippen LogP contribution >= 0.6 is 0 Å². The van der Waals surface area contributed by atoms with Crippen molar-refractivity contribution in [1.82, 2.24) is 0 Å². The zero-order valence-corrected chi connectivity index (χ0v) is 13.4. The summed E-state index contributed by atoms with van der Waals surface area (Å²) in [5.74, 6) is 0. The fourth-order valence-electron chi connectivity index (χ4n) is 4.34. The molecule has 0 amide bonds. The molecule has 2 aromatic carbocycles. The molecule has 0 heteroatoms. The normalized spacial score (nSPS) is 28.9. The minimum atomic E-state index is 0.391. The summed E-state index contributed by atoms with van der Waals surface area (Å²) in [6.45, 7) is 4.85. The predicted octanol–water partition coefficient (Wildman–Crippen LogP) is 5.85. The van der Waals surface area contributed by atoms with Gasteiger partial charge in [-0.3, -0.25) is 0 Å². The van der Waals surface area contributed by atoms with Gasteiger partial charge in [-0.2, -0.15) is 0 Å². The zero-order valence-electron chi connectivity index (χ0n) is 13.4. The molecule has 2 saturated carbocycles. The lowest BCUT2D eigenvalue weighted by Gasteiger charge is -2.06. The van der Waals surface area contributed by atoms with Gasteiger partial charge in [-0.15, -0.1) is 5.73 Å². The van der Waals surface area contributed by atoms with Crippen molar-refractivity contribution in [2.45, 2.75) is 33.1 Å². The van der Waals surface area contributed by atoms with E-state index in [0.29, 0.717) is 10.8 Å². The first-order valence-corrected chi connectivity index (χ1v) is 8.28. The van der Waals surface area contributed by atoms with Crippen molar-refractivity contribution in [3.8, 4) is 0 Å². The van der Waals surface area contributed by atoms with E-state index in [2.05, 4.69) is 80.2 Å². The molecule has 0 aliphatic heterocycles. The maximum absolute atomic E-state index is 3.84. The third-order valence-corrected chi connectivity index (χ3v) is 5.99. The average molecular weight is 286 g/mol. The lowest BCUT2D eigenvalue weighted by molar-refractivity contribution is 0.457. The average Bonchev–Trinajstić information content (AvgIpc) is 2.82. The van der Waals surface area contributed by atoms with Crippen molar-refractivity contribution in [3.63, 3.8) is 0 Å². The molecule has 2 unspecified atom stereocenters. The van der Waals surface area contributed by atoms with E-state index in [1.165, 1.54) is 41.5 Å². The second kappa shape index (κ2) is 4.73. The van der Waals surface area contributed by atoms with E-state index in [0.717, 1.165) is 0 Å². The van der Waals surface area contributed by atoms with Gasteiger partial charge >= 0.3 is 0 Å². The standard InChI is InChI=1S/C22H22/c1-21-14-9-15-22(21,2)20(21)16-19(17-10-5-3-6-11-17)18-12-7-4-8-13-18/h3-8,10-13H,9,14-15H2,1-2H3. The molecule has 110 valence electrons. The Hall–Kier alpha value is -2.04. The molecule has 0 saturated heterocycles. The van der Waals surface area contributed by atoms with Crippen molar-refractivity contribution in [3.05, 3.63) is 83.1 Å². The van der Waals surface area contributed by atoms with Crippen LogP contribution < -0.4 is 0 Å². The van der Waals surface area contributed by atoms with Crippen LogP contribution in [0, 0.1) is 10.8 Å². The van der Waals surface area contributed by atoms with Crippen LogP contribution in [0.1, 0.15) is 44.2 Å².